The van der Waals surface area contributed by atoms with Gasteiger partial charge < -0.3 is 10.4 Å². The van der Waals surface area contributed by atoms with E-state index in [1.54, 1.807) is 12.1 Å². The van der Waals surface area contributed by atoms with Crippen molar-refractivity contribution in [2.24, 2.45) is 0 Å². The second kappa shape index (κ2) is 8.39. The van der Waals surface area contributed by atoms with Gasteiger partial charge in [-0.1, -0.05) is 48.0 Å². The minimum absolute atomic E-state index is 0.0768. The highest BCUT2D eigenvalue weighted by Crippen LogP contribution is 2.19. The molecule has 0 saturated heterocycles. The Bertz CT molecular complexity index is 775. The molecule has 0 bridgehead atoms. The summed E-state index contributed by atoms with van der Waals surface area (Å²) >= 11 is 0. The van der Waals surface area contributed by atoms with Crippen LogP contribution in [-0.2, 0) is 23.1 Å². The summed E-state index contributed by atoms with van der Waals surface area (Å²) in [5, 5.41) is 12.3. The Labute approximate surface area is 144 Å². The van der Waals surface area contributed by atoms with E-state index in [1.807, 2.05) is 37.3 Å². The number of aryl methyl sites for hydroxylation is 1. The highest BCUT2D eigenvalue weighted by atomic mass is 32.2. The van der Waals surface area contributed by atoms with Gasteiger partial charge in [-0.05, 0) is 24.1 Å². The van der Waals surface area contributed by atoms with Crippen molar-refractivity contribution in [3.8, 4) is 0 Å². The molecule has 2 N–H and O–H groups in total. The first-order chi connectivity index (χ1) is 11.4. The van der Waals surface area contributed by atoms with Gasteiger partial charge in [0.25, 0.3) is 0 Å². The van der Waals surface area contributed by atoms with E-state index in [0.29, 0.717) is 13.1 Å². The first-order valence-corrected chi connectivity index (χ1v) is 9.30. The molecule has 0 spiro atoms. The molecule has 0 atom stereocenters. The van der Waals surface area contributed by atoms with Crippen LogP contribution in [0.25, 0.3) is 0 Å². The molecule has 0 heterocycles. The Hall–Kier alpha value is -1.73. The number of benzene rings is 2. The average molecular weight is 348 g/mol. The number of aliphatic hydroxyl groups excluding tert-OH is 1. The number of hydrogen-bond donors (Lipinski definition) is 2. The normalized spacial score (nSPS) is 11.8. The highest BCUT2D eigenvalue weighted by molar-refractivity contribution is 7.89. The molecule has 0 saturated carbocycles. The van der Waals surface area contributed by atoms with Crippen molar-refractivity contribution >= 4 is 10.0 Å². The zero-order valence-electron chi connectivity index (χ0n) is 14.1. The number of rotatable bonds is 8. The Morgan fingerprint density at radius 1 is 1.08 bits per heavy atom. The SMILES string of the molecule is Cc1cccc(CNCc2ccccc2S(=O)(=O)N(C)CCO)c1. The number of sulfonamides is 1. The molecule has 2 aromatic rings. The fourth-order valence-electron chi connectivity index (χ4n) is 2.49. The summed E-state index contributed by atoms with van der Waals surface area (Å²) in [6.07, 6.45) is 0. The highest BCUT2D eigenvalue weighted by Gasteiger charge is 2.22. The number of aliphatic hydroxyl groups is 1. The summed E-state index contributed by atoms with van der Waals surface area (Å²) in [6.45, 7) is 3.04. The maximum Gasteiger partial charge on any atom is 0.243 e. The van der Waals surface area contributed by atoms with Crippen LogP contribution in [0.4, 0.5) is 0 Å². The van der Waals surface area contributed by atoms with Crippen molar-refractivity contribution in [1.29, 1.82) is 0 Å². The Balaban J connectivity index is 2.11. The lowest BCUT2D eigenvalue weighted by molar-refractivity contribution is 0.266. The van der Waals surface area contributed by atoms with Gasteiger partial charge in [0, 0.05) is 26.7 Å². The number of nitrogens with zero attached hydrogens (tertiary/aromatic N) is 1. The van der Waals surface area contributed by atoms with E-state index < -0.39 is 10.0 Å². The van der Waals surface area contributed by atoms with Crippen LogP contribution < -0.4 is 5.32 Å². The Morgan fingerprint density at radius 3 is 2.54 bits per heavy atom. The lowest BCUT2D eigenvalue weighted by atomic mass is 10.1. The predicted octanol–water partition coefficient (Wildman–Crippen LogP) is 1.90. The minimum Gasteiger partial charge on any atom is -0.395 e. The van der Waals surface area contributed by atoms with Gasteiger partial charge in [-0.3, -0.25) is 0 Å². The van der Waals surface area contributed by atoms with E-state index in [-0.39, 0.29) is 18.0 Å². The molecular formula is C18H24N2O3S. The van der Waals surface area contributed by atoms with Crippen LogP contribution in [0.5, 0.6) is 0 Å². The quantitative estimate of drug-likeness (QED) is 0.764. The van der Waals surface area contributed by atoms with E-state index in [2.05, 4.69) is 11.4 Å². The lowest BCUT2D eigenvalue weighted by Gasteiger charge is -2.18. The van der Waals surface area contributed by atoms with Crippen LogP contribution in [0.15, 0.2) is 53.4 Å². The van der Waals surface area contributed by atoms with Crippen molar-refractivity contribution in [2.75, 3.05) is 20.2 Å². The second-order valence-corrected chi connectivity index (χ2v) is 7.76. The zero-order chi connectivity index (χ0) is 17.6. The van der Waals surface area contributed by atoms with Gasteiger partial charge >= 0.3 is 0 Å². The van der Waals surface area contributed by atoms with Gasteiger partial charge in [-0.2, -0.15) is 4.31 Å². The third-order valence-electron chi connectivity index (χ3n) is 3.80. The summed E-state index contributed by atoms with van der Waals surface area (Å²) < 4.78 is 26.4. The first-order valence-electron chi connectivity index (χ1n) is 7.86. The zero-order valence-corrected chi connectivity index (χ0v) is 14.9. The smallest absolute Gasteiger partial charge is 0.243 e. The molecule has 130 valence electrons. The van der Waals surface area contributed by atoms with Crippen LogP contribution in [0.2, 0.25) is 0 Å². The number of likely N-dealkylation sites (N-methyl/N-ethyl adjacent to an activating group) is 1. The molecule has 5 nitrogen and oxygen atoms in total. The maximum atomic E-state index is 12.6. The first kappa shape index (κ1) is 18.6. The molecule has 0 amide bonds. The van der Waals surface area contributed by atoms with Crippen LogP contribution in [0.1, 0.15) is 16.7 Å². The molecule has 2 aromatic carbocycles. The molecule has 24 heavy (non-hydrogen) atoms. The summed E-state index contributed by atoms with van der Waals surface area (Å²) in [5.74, 6) is 0. The van der Waals surface area contributed by atoms with Crippen LogP contribution in [0, 0.1) is 6.92 Å². The van der Waals surface area contributed by atoms with Gasteiger partial charge in [-0.15, -0.1) is 0 Å². The van der Waals surface area contributed by atoms with Crippen LogP contribution >= 0.6 is 0 Å². The van der Waals surface area contributed by atoms with Crippen molar-refractivity contribution in [2.45, 2.75) is 24.9 Å². The van der Waals surface area contributed by atoms with Gasteiger partial charge in [0.15, 0.2) is 0 Å². The van der Waals surface area contributed by atoms with Gasteiger partial charge in [-0.25, -0.2) is 8.42 Å². The average Bonchev–Trinajstić information content (AvgIpc) is 2.55. The third-order valence-corrected chi connectivity index (χ3v) is 5.76. The largest absolute Gasteiger partial charge is 0.395 e. The molecule has 0 unspecified atom stereocenters. The van der Waals surface area contributed by atoms with E-state index in [4.69, 9.17) is 5.11 Å². The molecule has 0 aliphatic rings. The van der Waals surface area contributed by atoms with Crippen molar-refractivity contribution in [3.63, 3.8) is 0 Å². The third kappa shape index (κ3) is 4.64. The van der Waals surface area contributed by atoms with Gasteiger partial charge in [0.1, 0.15) is 0 Å². The van der Waals surface area contributed by atoms with E-state index >= 15 is 0 Å². The van der Waals surface area contributed by atoms with E-state index in [0.717, 1.165) is 11.1 Å². The molecule has 0 aliphatic heterocycles. The molecule has 0 aromatic heterocycles. The van der Waals surface area contributed by atoms with Crippen molar-refractivity contribution in [1.82, 2.24) is 9.62 Å². The standard InChI is InChI=1S/C18H24N2O3S/c1-15-6-5-7-16(12-15)13-19-14-17-8-3-4-9-18(17)24(22,23)20(2)10-11-21/h3-9,12,19,21H,10-11,13-14H2,1-2H3. The minimum atomic E-state index is -3.60. The Kier molecular flexibility index (Phi) is 6.51. The number of hydrogen-bond acceptors (Lipinski definition) is 4. The van der Waals surface area contributed by atoms with Crippen molar-refractivity contribution < 1.29 is 13.5 Å². The Morgan fingerprint density at radius 2 is 1.83 bits per heavy atom. The lowest BCUT2D eigenvalue weighted by Crippen LogP contribution is -2.30. The van der Waals surface area contributed by atoms with Gasteiger partial charge in [0.2, 0.25) is 10.0 Å². The maximum absolute atomic E-state index is 12.6. The summed E-state index contributed by atoms with van der Waals surface area (Å²) in [5.41, 5.74) is 3.07. The van der Waals surface area contributed by atoms with Crippen LogP contribution in [0.3, 0.4) is 0 Å². The molecule has 0 aliphatic carbocycles. The predicted molar refractivity (Wildman–Crippen MR) is 95.1 cm³/mol. The van der Waals surface area contributed by atoms with E-state index in [9.17, 15) is 8.42 Å². The van der Waals surface area contributed by atoms with E-state index in [1.165, 1.54) is 16.9 Å². The van der Waals surface area contributed by atoms with Crippen LogP contribution in [-0.4, -0.2) is 38.0 Å². The molecule has 0 radical (unpaired) electrons. The summed E-state index contributed by atoms with van der Waals surface area (Å²) in [6, 6.07) is 15.1. The number of nitrogens with one attached hydrogen (secondary N) is 1. The summed E-state index contributed by atoms with van der Waals surface area (Å²) in [4.78, 5) is 0.276. The monoisotopic (exact) mass is 348 g/mol. The van der Waals surface area contributed by atoms with Gasteiger partial charge in [0.05, 0.1) is 11.5 Å². The second-order valence-electron chi connectivity index (χ2n) is 5.75. The fourth-order valence-corrected chi connectivity index (χ4v) is 3.87. The fraction of sp³-hybridized carbons (Fsp3) is 0.333. The summed E-state index contributed by atoms with van der Waals surface area (Å²) in [7, 11) is -2.13. The van der Waals surface area contributed by atoms with Crippen molar-refractivity contribution in [3.05, 3.63) is 65.2 Å². The molecule has 2 rings (SSSR count). The molecular weight excluding hydrogens is 324 g/mol. The molecule has 0 fully saturated rings. The molecule has 6 heteroatoms. The topological polar surface area (TPSA) is 69.6 Å².